The van der Waals surface area contributed by atoms with Gasteiger partial charge in [-0.05, 0) is 51.0 Å². The van der Waals surface area contributed by atoms with Crippen LogP contribution in [0.3, 0.4) is 0 Å². The van der Waals surface area contributed by atoms with Gasteiger partial charge in [0.15, 0.2) is 0 Å². The molecule has 11 heteroatoms. The number of amides is 1. The van der Waals surface area contributed by atoms with Crippen molar-refractivity contribution in [1.82, 2.24) is 4.31 Å². The maximum Gasteiger partial charge on any atom is 0.274 e. The highest BCUT2D eigenvalue weighted by Crippen LogP contribution is 2.33. The molecule has 1 unspecified atom stereocenters. The van der Waals surface area contributed by atoms with E-state index in [1.54, 1.807) is 26.0 Å². The summed E-state index contributed by atoms with van der Waals surface area (Å²) in [6.45, 7) is 3.85. The van der Waals surface area contributed by atoms with E-state index in [1.165, 1.54) is 28.6 Å². The fraction of sp³-hybridized carbons (Fsp3) is 0.381. The molecule has 1 saturated heterocycles. The van der Waals surface area contributed by atoms with Crippen molar-refractivity contribution in [1.29, 1.82) is 0 Å². The first-order valence-corrected chi connectivity index (χ1v) is 11.9. The number of ether oxygens (including phenoxy) is 1. The largest absolute Gasteiger partial charge is 0.492 e. The van der Waals surface area contributed by atoms with Gasteiger partial charge in [0.1, 0.15) is 10.6 Å². The summed E-state index contributed by atoms with van der Waals surface area (Å²) in [5, 5.41) is 14.1. The van der Waals surface area contributed by atoms with Crippen LogP contribution in [0, 0.1) is 23.0 Å². The van der Waals surface area contributed by atoms with Gasteiger partial charge in [-0.3, -0.25) is 14.9 Å². The van der Waals surface area contributed by atoms with Crippen molar-refractivity contribution in [2.45, 2.75) is 31.6 Å². The lowest BCUT2D eigenvalue weighted by Gasteiger charge is -2.31. The summed E-state index contributed by atoms with van der Waals surface area (Å²) in [6, 6.07) is 8.85. The average Bonchev–Trinajstić information content (AvgIpc) is 2.76. The van der Waals surface area contributed by atoms with Crippen LogP contribution in [0.5, 0.6) is 5.75 Å². The summed E-state index contributed by atoms with van der Waals surface area (Å²) < 4.78 is 33.4. The van der Waals surface area contributed by atoms with Gasteiger partial charge >= 0.3 is 0 Å². The second-order valence-corrected chi connectivity index (χ2v) is 9.77. The molecule has 1 atom stereocenters. The van der Waals surface area contributed by atoms with E-state index in [4.69, 9.17) is 16.3 Å². The van der Waals surface area contributed by atoms with E-state index in [0.29, 0.717) is 24.1 Å². The minimum absolute atomic E-state index is 0.0137. The number of benzene rings is 2. The molecule has 0 radical (unpaired) electrons. The van der Waals surface area contributed by atoms with Gasteiger partial charge in [-0.25, -0.2) is 8.42 Å². The van der Waals surface area contributed by atoms with Crippen molar-refractivity contribution >= 4 is 38.9 Å². The number of nitrogens with one attached hydrogen (secondary N) is 1. The summed E-state index contributed by atoms with van der Waals surface area (Å²) in [5.74, 6) is -0.785. The lowest BCUT2D eigenvalue weighted by Crippen LogP contribution is -2.43. The predicted octanol–water partition coefficient (Wildman–Crippen LogP) is 3.99. The summed E-state index contributed by atoms with van der Waals surface area (Å²) in [6.07, 6.45) is 0.995. The molecule has 0 aromatic heterocycles. The number of sulfonamides is 1. The number of nitrogens with zero attached hydrogens (tertiary/aromatic N) is 2. The minimum Gasteiger partial charge on any atom is -0.492 e. The number of halogens is 1. The molecule has 1 aliphatic rings. The lowest BCUT2D eigenvalue weighted by molar-refractivity contribution is -0.385. The fourth-order valence-electron chi connectivity index (χ4n) is 3.66. The zero-order valence-corrected chi connectivity index (χ0v) is 19.3. The second kappa shape index (κ2) is 9.85. The fourth-order valence-corrected chi connectivity index (χ4v) is 5.58. The Kier molecular flexibility index (Phi) is 7.37. The number of carbonyl (C=O) groups excluding carboxylic acids is 1. The minimum atomic E-state index is -3.95. The third-order valence-electron chi connectivity index (χ3n) is 5.34. The summed E-state index contributed by atoms with van der Waals surface area (Å²) >= 11 is 6.03. The van der Waals surface area contributed by atoms with E-state index in [0.717, 1.165) is 0 Å². The Morgan fingerprint density at radius 2 is 2.09 bits per heavy atom. The molecule has 0 bridgehead atoms. The Morgan fingerprint density at radius 1 is 1.34 bits per heavy atom. The molecule has 0 spiro atoms. The second-order valence-electron chi connectivity index (χ2n) is 7.42. The van der Waals surface area contributed by atoms with Crippen LogP contribution in [0.4, 0.5) is 11.4 Å². The van der Waals surface area contributed by atoms with Crippen LogP contribution >= 0.6 is 11.6 Å². The number of hydrogen-bond acceptors (Lipinski definition) is 6. The summed E-state index contributed by atoms with van der Waals surface area (Å²) in [5.41, 5.74) is 0.573. The molecule has 1 aliphatic heterocycles. The van der Waals surface area contributed by atoms with E-state index in [9.17, 15) is 23.3 Å². The first-order valence-electron chi connectivity index (χ1n) is 10.1. The topological polar surface area (TPSA) is 119 Å². The van der Waals surface area contributed by atoms with Gasteiger partial charge in [0.25, 0.3) is 5.69 Å². The van der Waals surface area contributed by atoms with Crippen molar-refractivity contribution in [3.8, 4) is 5.75 Å². The zero-order chi connectivity index (χ0) is 23.5. The number of carbonyl (C=O) groups is 1. The summed E-state index contributed by atoms with van der Waals surface area (Å²) in [7, 11) is -3.95. The molecule has 2 aromatic rings. The standard InChI is InChI=1S/C21H24ClN3O6S/c1-3-31-19-10-9-16(22)12-20(19)32(29,30)24-11-5-6-15(13-24)21(26)23-17-7-4-8-18(14(17)2)25(27)28/h4,7-10,12,15H,3,5-6,11,13H2,1-2H3,(H,23,26). The van der Waals surface area contributed by atoms with Gasteiger partial charge in [0.05, 0.1) is 28.7 Å². The Labute approximate surface area is 191 Å². The number of piperidine rings is 1. The molecule has 32 heavy (non-hydrogen) atoms. The number of rotatable bonds is 7. The maximum absolute atomic E-state index is 13.3. The molecular formula is C21H24ClN3O6S. The lowest BCUT2D eigenvalue weighted by atomic mass is 9.98. The highest BCUT2D eigenvalue weighted by molar-refractivity contribution is 7.89. The quantitative estimate of drug-likeness (QED) is 0.471. The van der Waals surface area contributed by atoms with Gasteiger partial charge in [-0.1, -0.05) is 17.7 Å². The smallest absolute Gasteiger partial charge is 0.274 e. The monoisotopic (exact) mass is 481 g/mol. The van der Waals surface area contributed by atoms with E-state index in [2.05, 4.69) is 5.32 Å². The van der Waals surface area contributed by atoms with Gasteiger partial charge in [-0.15, -0.1) is 0 Å². The highest BCUT2D eigenvalue weighted by atomic mass is 35.5. The molecule has 2 aromatic carbocycles. The number of anilines is 1. The molecule has 9 nitrogen and oxygen atoms in total. The molecule has 3 rings (SSSR count). The third-order valence-corrected chi connectivity index (χ3v) is 7.46. The number of nitro benzene ring substituents is 1. The van der Waals surface area contributed by atoms with Crippen LogP contribution in [0.25, 0.3) is 0 Å². The molecule has 1 amide bonds. The van der Waals surface area contributed by atoms with Gasteiger partial charge < -0.3 is 10.1 Å². The van der Waals surface area contributed by atoms with Crippen molar-refractivity contribution in [2.24, 2.45) is 5.92 Å². The van der Waals surface area contributed by atoms with E-state index < -0.39 is 20.9 Å². The Hall–Kier alpha value is -2.69. The van der Waals surface area contributed by atoms with Gasteiger partial charge in [0.2, 0.25) is 15.9 Å². The Balaban J connectivity index is 1.81. The molecule has 0 saturated carbocycles. The van der Waals surface area contributed by atoms with Crippen LogP contribution < -0.4 is 10.1 Å². The van der Waals surface area contributed by atoms with Crippen molar-refractivity contribution in [2.75, 3.05) is 25.0 Å². The van der Waals surface area contributed by atoms with Crippen LogP contribution in [0.2, 0.25) is 5.02 Å². The normalized spacial score (nSPS) is 17.0. The average molecular weight is 482 g/mol. The Morgan fingerprint density at radius 3 is 2.78 bits per heavy atom. The molecule has 1 fully saturated rings. The SMILES string of the molecule is CCOc1ccc(Cl)cc1S(=O)(=O)N1CCCC(C(=O)Nc2cccc([N+](=O)[O-])c2C)C1. The summed E-state index contributed by atoms with van der Waals surface area (Å²) in [4.78, 5) is 23.5. The maximum atomic E-state index is 13.3. The predicted molar refractivity (Wildman–Crippen MR) is 121 cm³/mol. The highest BCUT2D eigenvalue weighted by Gasteiger charge is 2.35. The van der Waals surface area contributed by atoms with Gasteiger partial charge in [-0.2, -0.15) is 4.31 Å². The first-order chi connectivity index (χ1) is 15.1. The van der Waals surface area contributed by atoms with Crippen molar-refractivity contribution in [3.63, 3.8) is 0 Å². The van der Waals surface area contributed by atoms with Crippen molar-refractivity contribution in [3.05, 3.63) is 57.1 Å². The molecular weight excluding hydrogens is 458 g/mol. The zero-order valence-electron chi connectivity index (χ0n) is 17.7. The van der Waals surface area contributed by atoms with Crippen LogP contribution in [0.15, 0.2) is 41.3 Å². The van der Waals surface area contributed by atoms with Gasteiger partial charge in [0, 0.05) is 24.2 Å². The molecule has 1 N–H and O–H groups in total. The molecule has 0 aliphatic carbocycles. The first kappa shape index (κ1) is 24.0. The van der Waals surface area contributed by atoms with Crippen LogP contribution in [0.1, 0.15) is 25.3 Å². The third kappa shape index (κ3) is 5.03. The van der Waals surface area contributed by atoms with Crippen LogP contribution in [-0.4, -0.2) is 43.2 Å². The van der Waals surface area contributed by atoms with E-state index >= 15 is 0 Å². The van der Waals surface area contributed by atoms with Crippen LogP contribution in [-0.2, 0) is 14.8 Å². The van der Waals surface area contributed by atoms with Crippen molar-refractivity contribution < 1.29 is 22.9 Å². The molecule has 172 valence electrons. The molecule has 1 heterocycles. The van der Waals surface area contributed by atoms with E-state index in [-0.39, 0.29) is 47.0 Å². The number of hydrogen-bond donors (Lipinski definition) is 1. The Bertz CT molecular complexity index is 1140. The number of nitro groups is 1. The van der Waals surface area contributed by atoms with E-state index in [1.807, 2.05) is 0 Å².